The van der Waals surface area contributed by atoms with Crippen LogP contribution in [0.1, 0.15) is 31.7 Å². The number of ether oxygens (including phenoxy) is 1. The van der Waals surface area contributed by atoms with Crippen molar-refractivity contribution in [3.63, 3.8) is 0 Å². The minimum Gasteiger partial charge on any atom is -0.373 e. The van der Waals surface area contributed by atoms with Crippen LogP contribution in [-0.2, 0) is 11.2 Å². The summed E-state index contributed by atoms with van der Waals surface area (Å²) in [4.78, 5) is 4.44. The van der Waals surface area contributed by atoms with Crippen molar-refractivity contribution in [1.29, 1.82) is 0 Å². The predicted molar refractivity (Wildman–Crippen MR) is 101 cm³/mol. The fourth-order valence-electron chi connectivity index (χ4n) is 3.34. The Balaban J connectivity index is 0.00000208. The third-order valence-electron chi connectivity index (χ3n) is 4.47. The lowest BCUT2D eigenvalue weighted by Crippen LogP contribution is -2.47. The molecule has 2 bridgehead atoms. The molecule has 3 rings (SSSR count). The van der Waals surface area contributed by atoms with E-state index in [1.165, 1.54) is 18.2 Å². The zero-order chi connectivity index (χ0) is 16.2. The highest BCUT2D eigenvalue weighted by atomic mass is 127. The molecule has 3 unspecified atom stereocenters. The molecule has 2 fully saturated rings. The Morgan fingerprint density at radius 2 is 2.04 bits per heavy atom. The van der Waals surface area contributed by atoms with Crippen molar-refractivity contribution < 1.29 is 13.5 Å². The van der Waals surface area contributed by atoms with E-state index in [2.05, 4.69) is 15.6 Å². The molecule has 0 aromatic heterocycles. The van der Waals surface area contributed by atoms with Gasteiger partial charge < -0.3 is 15.4 Å². The summed E-state index contributed by atoms with van der Waals surface area (Å²) in [6.45, 7) is 3.06. The zero-order valence-corrected chi connectivity index (χ0v) is 16.1. The van der Waals surface area contributed by atoms with E-state index in [-0.39, 0.29) is 48.1 Å². The number of guanidine groups is 1. The van der Waals surface area contributed by atoms with Crippen LogP contribution in [0.5, 0.6) is 0 Å². The molecule has 0 saturated carbocycles. The molecule has 2 saturated heterocycles. The third-order valence-corrected chi connectivity index (χ3v) is 4.47. The molecule has 3 atom stereocenters. The minimum absolute atomic E-state index is 0. The molecule has 134 valence electrons. The summed E-state index contributed by atoms with van der Waals surface area (Å²) in [5.74, 6) is -0.343. The fraction of sp³-hybridized carbons (Fsp3) is 0.588. The molecule has 2 heterocycles. The van der Waals surface area contributed by atoms with Crippen LogP contribution in [0.2, 0.25) is 0 Å². The standard InChI is InChI=1S/C17H23F2N3O.HI/c1-2-20-17(22-15-10-11-6-7-16(15)23-11)21-9-8-12-13(18)4-3-5-14(12)19;/h3-5,11,15-16H,2,6-10H2,1H3,(H2,20,21,22);1H. The van der Waals surface area contributed by atoms with Crippen molar-refractivity contribution in [3.8, 4) is 0 Å². The molecule has 1 aromatic rings. The lowest BCUT2D eigenvalue weighted by Gasteiger charge is -2.22. The van der Waals surface area contributed by atoms with Gasteiger partial charge in [-0.1, -0.05) is 6.07 Å². The normalized spacial score (nSPS) is 25.5. The van der Waals surface area contributed by atoms with E-state index in [9.17, 15) is 8.78 Å². The molecule has 1 aromatic carbocycles. The number of halogens is 3. The second-order valence-electron chi connectivity index (χ2n) is 6.07. The summed E-state index contributed by atoms with van der Waals surface area (Å²) in [6, 6.07) is 4.20. The number of hydrogen-bond acceptors (Lipinski definition) is 2. The van der Waals surface area contributed by atoms with Gasteiger partial charge in [0.25, 0.3) is 0 Å². The zero-order valence-electron chi connectivity index (χ0n) is 13.7. The van der Waals surface area contributed by atoms with Crippen molar-refractivity contribution in [2.45, 2.75) is 50.9 Å². The van der Waals surface area contributed by atoms with E-state index in [1.807, 2.05) is 6.92 Å². The molecule has 2 N–H and O–H groups in total. The van der Waals surface area contributed by atoms with Gasteiger partial charge >= 0.3 is 0 Å². The Kier molecular flexibility index (Phi) is 7.21. The summed E-state index contributed by atoms with van der Waals surface area (Å²) in [5, 5.41) is 6.57. The molecule has 2 aliphatic rings. The number of nitrogens with one attached hydrogen (secondary N) is 2. The maximum Gasteiger partial charge on any atom is 0.191 e. The molecule has 0 amide bonds. The van der Waals surface area contributed by atoms with Crippen molar-refractivity contribution in [2.75, 3.05) is 13.1 Å². The number of aliphatic imine (C=N–C) groups is 1. The van der Waals surface area contributed by atoms with Crippen LogP contribution in [0.25, 0.3) is 0 Å². The highest BCUT2D eigenvalue weighted by molar-refractivity contribution is 14.0. The van der Waals surface area contributed by atoms with Crippen LogP contribution in [0.15, 0.2) is 23.2 Å². The molecule has 0 radical (unpaired) electrons. The number of fused-ring (bicyclic) bond motifs is 2. The summed E-state index contributed by atoms with van der Waals surface area (Å²) >= 11 is 0. The van der Waals surface area contributed by atoms with Gasteiger partial charge in [0.15, 0.2) is 5.96 Å². The lowest BCUT2D eigenvalue weighted by molar-refractivity contribution is 0.0992. The Morgan fingerprint density at radius 3 is 2.62 bits per heavy atom. The van der Waals surface area contributed by atoms with Gasteiger partial charge in [0.1, 0.15) is 11.6 Å². The monoisotopic (exact) mass is 451 g/mol. The van der Waals surface area contributed by atoms with Gasteiger partial charge in [-0.3, -0.25) is 4.99 Å². The quantitative estimate of drug-likeness (QED) is 0.411. The third kappa shape index (κ3) is 4.56. The molecular weight excluding hydrogens is 427 g/mol. The highest BCUT2D eigenvalue weighted by Gasteiger charge is 2.41. The summed E-state index contributed by atoms with van der Waals surface area (Å²) in [5.41, 5.74) is 0.0929. The number of hydrogen-bond donors (Lipinski definition) is 2. The van der Waals surface area contributed by atoms with E-state index in [0.717, 1.165) is 25.8 Å². The van der Waals surface area contributed by atoms with E-state index < -0.39 is 11.6 Å². The Labute approximate surface area is 158 Å². The lowest BCUT2D eigenvalue weighted by atomic mass is 9.96. The average Bonchev–Trinajstić information content (AvgIpc) is 3.13. The van der Waals surface area contributed by atoms with E-state index in [4.69, 9.17) is 4.74 Å². The van der Waals surface area contributed by atoms with Gasteiger partial charge in [-0.2, -0.15) is 0 Å². The Bertz CT molecular complexity index is 565. The average molecular weight is 451 g/mol. The Morgan fingerprint density at radius 1 is 1.29 bits per heavy atom. The van der Waals surface area contributed by atoms with Gasteiger partial charge in [-0.15, -0.1) is 24.0 Å². The summed E-state index contributed by atoms with van der Waals surface area (Å²) in [7, 11) is 0. The van der Waals surface area contributed by atoms with Gasteiger partial charge in [-0.25, -0.2) is 8.78 Å². The summed E-state index contributed by atoms with van der Waals surface area (Å²) in [6.07, 6.45) is 4.09. The predicted octanol–water partition coefficient (Wildman–Crippen LogP) is 3.00. The first-order valence-electron chi connectivity index (χ1n) is 8.30. The minimum atomic E-state index is -0.514. The highest BCUT2D eigenvalue weighted by Crippen LogP contribution is 2.34. The van der Waals surface area contributed by atoms with E-state index in [0.29, 0.717) is 18.6 Å². The van der Waals surface area contributed by atoms with Crippen LogP contribution in [-0.4, -0.2) is 37.3 Å². The molecule has 0 spiro atoms. The van der Waals surface area contributed by atoms with Crippen molar-refractivity contribution in [3.05, 3.63) is 35.4 Å². The van der Waals surface area contributed by atoms with Crippen LogP contribution in [0.4, 0.5) is 8.78 Å². The molecule has 2 aliphatic heterocycles. The summed E-state index contributed by atoms with van der Waals surface area (Å²) < 4.78 is 33.1. The van der Waals surface area contributed by atoms with Crippen molar-refractivity contribution in [1.82, 2.24) is 10.6 Å². The van der Waals surface area contributed by atoms with Crippen LogP contribution >= 0.6 is 24.0 Å². The molecular formula is C17H24F2IN3O. The second kappa shape index (κ2) is 8.94. The SMILES string of the molecule is CCNC(=NCCc1c(F)cccc1F)NC1CC2CCC1O2.I. The maximum atomic E-state index is 13.6. The van der Waals surface area contributed by atoms with E-state index in [1.54, 1.807) is 0 Å². The van der Waals surface area contributed by atoms with Crippen molar-refractivity contribution >= 4 is 29.9 Å². The van der Waals surface area contributed by atoms with Gasteiger partial charge in [0, 0.05) is 18.7 Å². The maximum absolute atomic E-state index is 13.6. The smallest absolute Gasteiger partial charge is 0.191 e. The molecule has 24 heavy (non-hydrogen) atoms. The molecule has 7 heteroatoms. The Hall–Kier alpha value is -0.960. The first-order chi connectivity index (χ1) is 11.2. The number of benzene rings is 1. The molecule has 4 nitrogen and oxygen atoms in total. The van der Waals surface area contributed by atoms with Crippen LogP contribution in [0.3, 0.4) is 0 Å². The van der Waals surface area contributed by atoms with Crippen LogP contribution in [0, 0.1) is 11.6 Å². The second-order valence-corrected chi connectivity index (χ2v) is 6.07. The largest absolute Gasteiger partial charge is 0.373 e. The first kappa shape index (κ1) is 19.4. The topological polar surface area (TPSA) is 45.7 Å². The van der Waals surface area contributed by atoms with Gasteiger partial charge in [0.2, 0.25) is 0 Å². The van der Waals surface area contributed by atoms with E-state index >= 15 is 0 Å². The van der Waals surface area contributed by atoms with Crippen molar-refractivity contribution in [2.24, 2.45) is 4.99 Å². The van der Waals surface area contributed by atoms with Gasteiger partial charge in [0.05, 0.1) is 18.2 Å². The fourth-order valence-corrected chi connectivity index (χ4v) is 3.34. The first-order valence-corrected chi connectivity index (χ1v) is 8.30. The van der Waals surface area contributed by atoms with Crippen LogP contribution < -0.4 is 10.6 Å². The van der Waals surface area contributed by atoms with Gasteiger partial charge in [-0.05, 0) is 44.7 Å². The number of nitrogens with zero attached hydrogens (tertiary/aromatic N) is 1. The molecule has 0 aliphatic carbocycles. The number of rotatable bonds is 5.